The molecule has 1 unspecified atom stereocenters. The molecule has 6 heteroatoms. The molecular formula is C11H12N4O2. The number of aromatic amines is 1. The van der Waals surface area contributed by atoms with Gasteiger partial charge in [-0.15, -0.1) is 0 Å². The van der Waals surface area contributed by atoms with Gasteiger partial charge in [-0.05, 0) is 24.3 Å². The fraction of sp³-hybridized carbons (Fsp3) is 0.364. The van der Waals surface area contributed by atoms with Crippen molar-refractivity contribution in [1.82, 2.24) is 20.0 Å². The summed E-state index contributed by atoms with van der Waals surface area (Å²) in [5.41, 5.74) is 3.09. The second kappa shape index (κ2) is 3.44. The van der Waals surface area contributed by atoms with E-state index in [0.29, 0.717) is 5.92 Å². The minimum atomic E-state index is -0.964. The lowest BCUT2D eigenvalue weighted by Crippen LogP contribution is -2.03. The van der Waals surface area contributed by atoms with Crippen molar-refractivity contribution in [3.8, 4) is 0 Å². The van der Waals surface area contributed by atoms with Crippen LogP contribution >= 0.6 is 0 Å². The molecule has 2 aromatic rings. The summed E-state index contributed by atoms with van der Waals surface area (Å²) in [5.74, 6) is -0.652. The largest absolute Gasteiger partial charge is 0.476 e. The number of nitrogens with zero attached hydrogens (tertiary/aromatic N) is 3. The average molecular weight is 232 g/mol. The Hall–Kier alpha value is -2.11. The zero-order chi connectivity index (χ0) is 12.0. The van der Waals surface area contributed by atoms with Crippen LogP contribution in [0.1, 0.15) is 33.2 Å². The molecule has 2 N–H and O–H groups in total. The minimum Gasteiger partial charge on any atom is -0.476 e. The van der Waals surface area contributed by atoms with Crippen LogP contribution in [-0.2, 0) is 19.9 Å². The van der Waals surface area contributed by atoms with Gasteiger partial charge in [0.05, 0.1) is 6.20 Å². The van der Waals surface area contributed by atoms with Crippen molar-refractivity contribution in [2.75, 3.05) is 0 Å². The van der Waals surface area contributed by atoms with Gasteiger partial charge in [0.15, 0.2) is 5.69 Å². The topological polar surface area (TPSA) is 83.8 Å². The molecule has 3 rings (SSSR count). The Balaban J connectivity index is 1.90. The number of nitrogens with one attached hydrogen (secondary N) is 1. The van der Waals surface area contributed by atoms with E-state index in [2.05, 4.69) is 15.3 Å². The van der Waals surface area contributed by atoms with Crippen LogP contribution in [0.4, 0.5) is 0 Å². The minimum absolute atomic E-state index is 0.159. The number of fused-ring (bicyclic) bond motifs is 1. The van der Waals surface area contributed by atoms with Crippen LogP contribution in [0.2, 0.25) is 0 Å². The third-order valence-electron chi connectivity index (χ3n) is 3.25. The van der Waals surface area contributed by atoms with E-state index in [1.165, 1.54) is 0 Å². The Bertz CT molecular complexity index is 584. The predicted molar refractivity (Wildman–Crippen MR) is 58.9 cm³/mol. The fourth-order valence-electron chi connectivity index (χ4n) is 2.42. The van der Waals surface area contributed by atoms with Crippen molar-refractivity contribution in [1.29, 1.82) is 0 Å². The van der Waals surface area contributed by atoms with Gasteiger partial charge in [-0.2, -0.15) is 10.2 Å². The van der Waals surface area contributed by atoms with E-state index in [4.69, 9.17) is 5.11 Å². The Morgan fingerprint density at radius 3 is 3.06 bits per heavy atom. The van der Waals surface area contributed by atoms with E-state index >= 15 is 0 Å². The number of hydrogen-bond acceptors (Lipinski definition) is 3. The van der Waals surface area contributed by atoms with Crippen molar-refractivity contribution in [2.24, 2.45) is 7.05 Å². The van der Waals surface area contributed by atoms with E-state index in [-0.39, 0.29) is 5.69 Å². The smallest absolute Gasteiger partial charge is 0.356 e. The molecule has 0 aromatic carbocycles. The highest BCUT2D eigenvalue weighted by molar-refractivity contribution is 5.87. The summed E-state index contributed by atoms with van der Waals surface area (Å²) in [6, 6.07) is 0. The van der Waals surface area contributed by atoms with Gasteiger partial charge < -0.3 is 5.11 Å². The maximum Gasteiger partial charge on any atom is 0.356 e. The zero-order valence-corrected chi connectivity index (χ0v) is 9.34. The first-order valence-electron chi connectivity index (χ1n) is 5.43. The lowest BCUT2D eigenvalue weighted by atomic mass is 9.99. The Kier molecular flexibility index (Phi) is 2.04. The lowest BCUT2D eigenvalue weighted by Gasteiger charge is -2.05. The van der Waals surface area contributed by atoms with Crippen LogP contribution in [0.15, 0.2) is 12.4 Å². The number of hydrogen-bond donors (Lipinski definition) is 2. The maximum atomic E-state index is 11.0. The van der Waals surface area contributed by atoms with Crippen LogP contribution in [0, 0.1) is 0 Å². The van der Waals surface area contributed by atoms with Crippen LogP contribution in [0.3, 0.4) is 0 Å². The second-order valence-corrected chi connectivity index (χ2v) is 4.39. The third-order valence-corrected chi connectivity index (χ3v) is 3.25. The number of carboxylic acid groups (broad SMARTS) is 1. The number of aryl methyl sites for hydroxylation is 1. The number of rotatable bonds is 2. The molecule has 1 aliphatic rings. The molecule has 0 bridgehead atoms. The molecule has 1 aliphatic carbocycles. The average Bonchev–Trinajstić information content (AvgIpc) is 2.89. The first-order valence-corrected chi connectivity index (χ1v) is 5.43. The van der Waals surface area contributed by atoms with Crippen LogP contribution in [0.25, 0.3) is 0 Å². The zero-order valence-electron chi connectivity index (χ0n) is 9.34. The highest BCUT2D eigenvalue weighted by atomic mass is 16.4. The monoisotopic (exact) mass is 232 g/mol. The van der Waals surface area contributed by atoms with E-state index in [0.717, 1.165) is 29.7 Å². The molecule has 0 saturated heterocycles. The van der Waals surface area contributed by atoms with E-state index in [1.54, 1.807) is 4.68 Å². The summed E-state index contributed by atoms with van der Waals surface area (Å²) < 4.78 is 1.76. The Morgan fingerprint density at radius 2 is 2.41 bits per heavy atom. The van der Waals surface area contributed by atoms with Crippen molar-refractivity contribution < 1.29 is 9.90 Å². The highest BCUT2D eigenvalue weighted by Gasteiger charge is 2.30. The summed E-state index contributed by atoms with van der Waals surface area (Å²) in [6.07, 6.45) is 5.34. The van der Waals surface area contributed by atoms with Gasteiger partial charge in [0.2, 0.25) is 0 Å². The summed E-state index contributed by atoms with van der Waals surface area (Å²) in [7, 11) is 1.88. The third kappa shape index (κ3) is 1.52. The van der Waals surface area contributed by atoms with Gasteiger partial charge in [-0.1, -0.05) is 0 Å². The van der Waals surface area contributed by atoms with Crippen molar-refractivity contribution in [2.45, 2.75) is 18.8 Å². The van der Waals surface area contributed by atoms with Crippen LogP contribution in [-0.4, -0.2) is 31.1 Å². The SMILES string of the molecule is Cn1cc(C2Cc3[nH]nc(C(=O)O)c3C2)cn1. The molecule has 0 fully saturated rings. The molecule has 0 spiro atoms. The van der Waals surface area contributed by atoms with Crippen molar-refractivity contribution >= 4 is 5.97 Å². The quantitative estimate of drug-likeness (QED) is 0.799. The number of carbonyl (C=O) groups is 1. The molecule has 88 valence electrons. The predicted octanol–water partition coefficient (Wildman–Crippen LogP) is 0.724. The van der Waals surface area contributed by atoms with Crippen molar-refractivity contribution in [3.05, 3.63) is 34.9 Å². The Labute approximate surface area is 97.3 Å². The van der Waals surface area contributed by atoms with Gasteiger partial charge in [-0.25, -0.2) is 4.79 Å². The summed E-state index contributed by atoms with van der Waals surface area (Å²) >= 11 is 0. The first kappa shape index (κ1) is 10.1. The molecule has 0 aliphatic heterocycles. The standard InChI is InChI=1S/C11H12N4O2/c1-15-5-7(4-12-15)6-2-8-9(3-6)13-14-10(8)11(16)17/h4-6H,2-3H2,1H3,(H,13,14)(H,16,17). The fourth-order valence-corrected chi connectivity index (χ4v) is 2.42. The highest BCUT2D eigenvalue weighted by Crippen LogP contribution is 2.34. The number of aromatic carboxylic acids is 1. The number of H-pyrrole nitrogens is 1. The molecular weight excluding hydrogens is 220 g/mol. The van der Waals surface area contributed by atoms with Gasteiger partial charge in [0, 0.05) is 24.5 Å². The number of carboxylic acids is 1. The normalized spacial score (nSPS) is 18.3. The first-order chi connectivity index (χ1) is 8.15. The molecule has 2 aromatic heterocycles. The summed E-state index contributed by atoms with van der Waals surface area (Å²) in [5, 5.41) is 19.8. The van der Waals surface area contributed by atoms with E-state index in [9.17, 15) is 4.79 Å². The summed E-state index contributed by atoms with van der Waals surface area (Å²) in [6.45, 7) is 0. The molecule has 2 heterocycles. The molecule has 1 atom stereocenters. The second-order valence-electron chi connectivity index (χ2n) is 4.39. The molecule has 0 radical (unpaired) electrons. The molecule has 0 amide bonds. The van der Waals surface area contributed by atoms with Crippen LogP contribution < -0.4 is 0 Å². The van der Waals surface area contributed by atoms with E-state index in [1.807, 2.05) is 19.4 Å². The van der Waals surface area contributed by atoms with E-state index < -0.39 is 5.97 Å². The van der Waals surface area contributed by atoms with Gasteiger partial charge in [-0.3, -0.25) is 9.78 Å². The van der Waals surface area contributed by atoms with Crippen LogP contribution in [0.5, 0.6) is 0 Å². The van der Waals surface area contributed by atoms with Crippen molar-refractivity contribution in [3.63, 3.8) is 0 Å². The lowest BCUT2D eigenvalue weighted by molar-refractivity contribution is 0.0689. The van der Waals surface area contributed by atoms with Gasteiger partial charge >= 0.3 is 5.97 Å². The maximum absolute atomic E-state index is 11.0. The summed E-state index contributed by atoms with van der Waals surface area (Å²) in [4.78, 5) is 11.0. The van der Waals surface area contributed by atoms with Gasteiger partial charge in [0.25, 0.3) is 0 Å². The van der Waals surface area contributed by atoms with Gasteiger partial charge in [0.1, 0.15) is 0 Å². The Morgan fingerprint density at radius 1 is 1.59 bits per heavy atom. The molecule has 6 nitrogen and oxygen atoms in total. The molecule has 0 saturated carbocycles. The molecule has 17 heavy (non-hydrogen) atoms. The number of aromatic nitrogens is 4.